The number of hydrogen-bond donors (Lipinski definition) is 2. The molecule has 0 bridgehead atoms. The van der Waals surface area contributed by atoms with Crippen LogP contribution in [0.4, 0.5) is 5.69 Å². The average molecular weight is 287 g/mol. The molecule has 0 unspecified atom stereocenters. The van der Waals surface area contributed by atoms with E-state index in [1.807, 2.05) is 13.8 Å². The number of benzene rings is 1. The number of nitro benzene ring substituents is 1. The maximum Gasteiger partial charge on any atom is 0.287 e. The van der Waals surface area contributed by atoms with Crippen molar-refractivity contribution in [2.24, 2.45) is 5.92 Å². The summed E-state index contributed by atoms with van der Waals surface area (Å²) in [6, 6.07) is 3.37. The molecule has 0 aliphatic carbocycles. The van der Waals surface area contributed by atoms with Crippen molar-refractivity contribution >= 4 is 23.2 Å². The fourth-order valence-electron chi connectivity index (χ4n) is 1.47. The van der Waals surface area contributed by atoms with Crippen LogP contribution in [0.3, 0.4) is 0 Å². The predicted octanol–water partition coefficient (Wildman–Crippen LogP) is 1.99. The van der Waals surface area contributed by atoms with E-state index in [1.165, 1.54) is 18.2 Å². The minimum absolute atomic E-state index is 0.0717. The van der Waals surface area contributed by atoms with Gasteiger partial charge in [0.2, 0.25) is 0 Å². The van der Waals surface area contributed by atoms with Crippen LogP contribution in [-0.4, -0.2) is 28.6 Å². The van der Waals surface area contributed by atoms with Crippen LogP contribution in [-0.2, 0) is 0 Å². The van der Waals surface area contributed by atoms with E-state index in [0.29, 0.717) is 0 Å². The minimum Gasteiger partial charge on any atom is -0.394 e. The molecule has 0 aliphatic heterocycles. The van der Waals surface area contributed by atoms with Crippen molar-refractivity contribution in [3.8, 4) is 0 Å². The molecule has 1 amide bonds. The number of carbonyl (C=O) groups is 1. The lowest BCUT2D eigenvalue weighted by Crippen LogP contribution is -2.41. The van der Waals surface area contributed by atoms with Crippen molar-refractivity contribution in [3.05, 3.63) is 38.9 Å². The van der Waals surface area contributed by atoms with Crippen LogP contribution in [0.2, 0.25) is 5.02 Å². The van der Waals surface area contributed by atoms with E-state index in [2.05, 4.69) is 5.32 Å². The molecule has 1 atom stereocenters. The third-order valence-electron chi connectivity index (χ3n) is 2.72. The minimum atomic E-state index is -0.616. The summed E-state index contributed by atoms with van der Waals surface area (Å²) in [6.45, 7) is 3.55. The molecule has 6 nitrogen and oxygen atoms in total. The van der Waals surface area contributed by atoms with Crippen LogP contribution < -0.4 is 5.32 Å². The van der Waals surface area contributed by atoms with Crippen LogP contribution >= 0.6 is 11.6 Å². The normalized spacial score (nSPS) is 12.3. The average Bonchev–Trinajstić information content (AvgIpc) is 2.34. The molecule has 1 aromatic rings. The van der Waals surface area contributed by atoms with Crippen molar-refractivity contribution < 1.29 is 14.8 Å². The van der Waals surface area contributed by atoms with Crippen LogP contribution in [0.25, 0.3) is 0 Å². The molecule has 0 saturated heterocycles. The van der Waals surface area contributed by atoms with Gasteiger partial charge in [0.15, 0.2) is 0 Å². The summed E-state index contributed by atoms with van der Waals surface area (Å²) in [5, 5.41) is 22.3. The summed E-state index contributed by atoms with van der Waals surface area (Å²) in [4.78, 5) is 21.9. The van der Waals surface area contributed by atoms with E-state index in [0.717, 1.165) is 0 Å². The highest BCUT2D eigenvalue weighted by atomic mass is 35.5. The van der Waals surface area contributed by atoms with Crippen molar-refractivity contribution in [3.63, 3.8) is 0 Å². The second kappa shape index (κ2) is 6.49. The Labute approximate surface area is 115 Å². The Morgan fingerprint density at radius 3 is 2.58 bits per heavy atom. The highest BCUT2D eigenvalue weighted by Crippen LogP contribution is 2.25. The van der Waals surface area contributed by atoms with E-state index in [4.69, 9.17) is 16.7 Å². The lowest BCUT2D eigenvalue weighted by Gasteiger charge is -2.19. The van der Waals surface area contributed by atoms with Gasteiger partial charge in [0, 0.05) is 11.6 Å². The molecule has 1 rings (SSSR count). The zero-order valence-corrected chi connectivity index (χ0v) is 11.3. The number of amides is 1. The molecular weight excluding hydrogens is 272 g/mol. The smallest absolute Gasteiger partial charge is 0.287 e. The maximum atomic E-state index is 11.9. The van der Waals surface area contributed by atoms with Crippen molar-refractivity contribution in [2.45, 2.75) is 19.9 Å². The first-order chi connectivity index (χ1) is 8.86. The van der Waals surface area contributed by atoms with E-state index < -0.39 is 10.8 Å². The molecule has 19 heavy (non-hydrogen) atoms. The van der Waals surface area contributed by atoms with Gasteiger partial charge in [-0.25, -0.2) is 0 Å². The van der Waals surface area contributed by atoms with Gasteiger partial charge in [-0.05, 0) is 18.1 Å². The van der Waals surface area contributed by atoms with Gasteiger partial charge in [-0.3, -0.25) is 14.9 Å². The molecule has 2 N–H and O–H groups in total. The fraction of sp³-hybridized carbons (Fsp3) is 0.417. The van der Waals surface area contributed by atoms with Crippen LogP contribution in [0.5, 0.6) is 0 Å². The van der Waals surface area contributed by atoms with Gasteiger partial charge < -0.3 is 10.4 Å². The Morgan fingerprint density at radius 1 is 1.53 bits per heavy atom. The van der Waals surface area contributed by atoms with Gasteiger partial charge in [-0.2, -0.15) is 0 Å². The van der Waals surface area contributed by atoms with Gasteiger partial charge in [-0.1, -0.05) is 25.4 Å². The van der Waals surface area contributed by atoms with Crippen LogP contribution in [0, 0.1) is 16.0 Å². The van der Waals surface area contributed by atoms with E-state index in [1.54, 1.807) is 0 Å². The molecule has 0 saturated carbocycles. The molecule has 0 heterocycles. The summed E-state index contributed by atoms with van der Waals surface area (Å²) in [7, 11) is 0. The highest BCUT2D eigenvalue weighted by Gasteiger charge is 2.19. The van der Waals surface area contributed by atoms with Crippen LogP contribution in [0.1, 0.15) is 24.2 Å². The maximum absolute atomic E-state index is 11.9. The zero-order valence-electron chi connectivity index (χ0n) is 10.6. The second-order valence-corrected chi connectivity index (χ2v) is 4.84. The number of nitrogens with one attached hydrogen (secondary N) is 1. The third-order valence-corrected chi connectivity index (χ3v) is 3.03. The molecule has 1 aromatic carbocycles. The van der Waals surface area contributed by atoms with Gasteiger partial charge in [0.25, 0.3) is 11.6 Å². The van der Waals surface area contributed by atoms with Crippen molar-refractivity contribution in [2.75, 3.05) is 6.61 Å². The van der Waals surface area contributed by atoms with Crippen molar-refractivity contribution in [1.82, 2.24) is 5.32 Å². The quantitative estimate of drug-likeness (QED) is 0.639. The number of halogens is 1. The Morgan fingerprint density at radius 2 is 2.16 bits per heavy atom. The van der Waals surface area contributed by atoms with Crippen molar-refractivity contribution in [1.29, 1.82) is 0 Å². The Bertz CT molecular complexity index is 491. The van der Waals surface area contributed by atoms with Gasteiger partial charge in [-0.15, -0.1) is 0 Å². The highest BCUT2D eigenvalue weighted by molar-refractivity contribution is 6.33. The predicted molar refractivity (Wildman–Crippen MR) is 71.3 cm³/mol. The molecule has 0 aromatic heterocycles. The number of hydrogen-bond acceptors (Lipinski definition) is 4. The largest absolute Gasteiger partial charge is 0.394 e. The summed E-state index contributed by atoms with van der Waals surface area (Å²) in [5.41, 5.74) is -0.0320. The van der Waals surface area contributed by atoms with Crippen LogP contribution in [0.15, 0.2) is 18.2 Å². The summed E-state index contributed by atoms with van der Waals surface area (Å²) < 4.78 is 0. The van der Waals surface area contributed by atoms with E-state index >= 15 is 0 Å². The lowest BCUT2D eigenvalue weighted by molar-refractivity contribution is -0.384. The number of nitrogens with zero attached hydrogens (tertiary/aromatic N) is 1. The summed E-state index contributed by atoms with van der Waals surface area (Å²) >= 11 is 5.73. The standard InChI is InChI=1S/C12H15ClN2O4/c1-7(2)10(6-16)14-12(17)8-3-4-11(15(18)19)9(13)5-8/h3-5,7,10,16H,6H2,1-2H3,(H,14,17)/t10-/m1/s1. The summed E-state index contributed by atoms with van der Waals surface area (Å²) in [6.07, 6.45) is 0. The Kier molecular flexibility index (Phi) is 5.26. The number of aliphatic hydroxyl groups excluding tert-OH is 1. The molecule has 0 fully saturated rings. The lowest BCUT2D eigenvalue weighted by atomic mass is 10.0. The first kappa shape index (κ1) is 15.4. The number of carbonyl (C=O) groups excluding carboxylic acids is 1. The second-order valence-electron chi connectivity index (χ2n) is 4.43. The fourth-order valence-corrected chi connectivity index (χ4v) is 1.72. The zero-order chi connectivity index (χ0) is 14.6. The molecule has 0 radical (unpaired) electrons. The van der Waals surface area contributed by atoms with E-state index in [-0.39, 0.29) is 34.8 Å². The first-order valence-electron chi connectivity index (χ1n) is 5.72. The third kappa shape index (κ3) is 3.90. The van der Waals surface area contributed by atoms with Gasteiger partial charge >= 0.3 is 0 Å². The number of nitro groups is 1. The Hall–Kier alpha value is -1.66. The topological polar surface area (TPSA) is 92.5 Å². The molecular formula is C12H15ClN2O4. The molecule has 0 aliphatic rings. The first-order valence-corrected chi connectivity index (χ1v) is 6.10. The number of rotatable bonds is 5. The monoisotopic (exact) mass is 286 g/mol. The van der Waals surface area contributed by atoms with Gasteiger partial charge in [0.05, 0.1) is 17.6 Å². The molecule has 0 spiro atoms. The molecule has 104 valence electrons. The number of aliphatic hydroxyl groups is 1. The Balaban J connectivity index is 2.89. The van der Waals surface area contributed by atoms with E-state index in [9.17, 15) is 14.9 Å². The molecule has 7 heteroatoms. The summed E-state index contributed by atoms with van der Waals surface area (Å²) in [5.74, 6) is -0.355. The SMILES string of the molecule is CC(C)[C@@H](CO)NC(=O)c1ccc([N+](=O)[O-])c(Cl)c1. The van der Waals surface area contributed by atoms with Gasteiger partial charge in [0.1, 0.15) is 5.02 Å².